The Labute approximate surface area is 120 Å². The lowest BCUT2D eigenvalue weighted by molar-refractivity contribution is -0.0299. The monoisotopic (exact) mass is 290 g/mol. The van der Waals surface area contributed by atoms with Crippen LogP contribution in [0.5, 0.6) is 0 Å². The Hall–Kier alpha value is -0.0300. The predicted octanol–water partition coefficient (Wildman–Crippen LogP) is 4.70. The zero-order valence-corrected chi connectivity index (χ0v) is 13.8. The van der Waals surface area contributed by atoms with Crippen LogP contribution < -0.4 is 0 Å². The molecule has 1 unspecified atom stereocenters. The molecule has 0 N–H and O–H groups in total. The topological polar surface area (TPSA) is 18.5 Å². The number of hydrogen-bond acceptors (Lipinski definition) is 4. The van der Waals surface area contributed by atoms with E-state index in [0.717, 1.165) is 12.4 Å². The van der Waals surface area contributed by atoms with Gasteiger partial charge in [-0.15, -0.1) is 11.8 Å². The smallest absolute Gasteiger partial charge is 0.0905 e. The Morgan fingerprint density at radius 3 is 2.56 bits per heavy atom. The Balaban J connectivity index is 0.00000137. The van der Waals surface area contributed by atoms with Crippen LogP contribution in [0.2, 0.25) is 0 Å². The van der Waals surface area contributed by atoms with E-state index in [0.29, 0.717) is 6.61 Å². The van der Waals surface area contributed by atoms with Gasteiger partial charge in [-0.3, -0.25) is 0 Å². The van der Waals surface area contributed by atoms with Crippen LogP contribution in [0.3, 0.4) is 0 Å². The molecule has 18 heavy (non-hydrogen) atoms. The minimum absolute atomic E-state index is 0.185. The van der Waals surface area contributed by atoms with E-state index in [1.165, 1.54) is 4.90 Å². The Kier molecular flexibility index (Phi) is 12.0. The molecule has 0 radical (unpaired) electrons. The maximum atomic E-state index is 5.81. The highest BCUT2D eigenvalue weighted by molar-refractivity contribution is 7.99. The number of ether oxygens (including phenoxy) is 2. The van der Waals surface area contributed by atoms with Crippen molar-refractivity contribution in [2.24, 2.45) is 0 Å². The van der Waals surface area contributed by atoms with E-state index in [1.807, 2.05) is 32.5 Å². The summed E-state index contributed by atoms with van der Waals surface area (Å²) in [5.41, 5.74) is 0. The fraction of sp³-hybridized carbons (Fsp3) is 0.714. The first-order chi connectivity index (χ1) is 8.72. The van der Waals surface area contributed by atoms with Crippen LogP contribution in [0.4, 0.5) is 0 Å². The van der Waals surface area contributed by atoms with Gasteiger partial charge in [0.25, 0.3) is 0 Å². The highest BCUT2D eigenvalue weighted by Gasteiger charge is 2.12. The molecule has 1 aromatic rings. The minimum Gasteiger partial charge on any atom is -0.379 e. The second-order valence-electron chi connectivity index (χ2n) is 3.74. The molecule has 0 saturated carbocycles. The molecule has 0 amide bonds. The van der Waals surface area contributed by atoms with Crippen molar-refractivity contribution in [2.45, 2.75) is 51.7 Å². The molecule has 0 bridgehead atoms. The van der Waals surface area contributed by atoms with Crippen molar-refractivity contribution in [3.8, 4) is 0 Å². The second kappa shape index (κ2) is 12.0. The molecule has 1 heterocycles. The van der Waals surface area contributed by atoms with Crippen LogP contribution in [0, 0.1) is 0 Å². The molecule has 0 aliphatic carbocycles. The average Bonchev–Trinajstić information content (AvgIpc) is 2.88. The highest BCUT2D eigenvalue weighted by Crippen LogP contribution is 2.22. The number of thiophene rings is 1. The highest BCUT2D eigenvalue weighted by atomic mass is 32.2. The summed E-state index contributed by atoms with van der Waals surface area (Å²) in [6.45, 7) is 11.6. The molecule has 4 heteroatoms. The van der Waals surface area contributed by atoms with Crippen molar-refractivity contribution in [1.82, 2.24) is 0 Å². The summed E-state index contributed by atoms with van der Waals surface area (Å²) in [7, 11) is 0. The summed E-state index contributed by atoms with van der Waals surface area (Å²) in [5, 5.41) is 4.26. The summed E-state index contributed by atoms with van der Waals surface area (Å²) in [6, 6.07) is 2.14. The summed E-state index contributed by atoms with van der Waals surface area (Å²) in [5.74, 6) is 0.953. The van der Waals surface area contributed by atoms with Crippen LogP contribution in [-0.4, -0.2) is 31.2 Å². The Morgan fingerprint density at radius 1 is 1.33 bits per heavy atom. The summed E-state index contributed by atoms with van der Waals surface area (Å²) >= 11 is 3.56. The third kappa shape index (κ3) is 8.97. The standard InChI is InChI=1S/C12H20O2S2.C2H6/c1-4-13-7-11(14-10(2)3)8-16-12-5-6-15-9-12;1-2/h5-6,9-11H,4,7-8H2,1-3H3;1-2H3. The van der Waals surface area contributed by atoms with Gasteiger partial charge in [0.05, 0.1) is 18.8 Å². The van der Waals surface area contributed by atoms with E-state index in [-0.39, 0.29) is 12.2 Å². The molecule has 0 spiro atoms. The predicted molar refractivity (Wildman–Crippen MR) is 82.9 cm³/mol. The average molecular weight is 290 g/mol. The molecule has 0 fully saturated rings. The van der Waals surface area contributed by atoms with Gasteiger partial charge in [0.1, 0.15) is 0 Å². The van der Waals surface area contributed by atoms with E-state index < -0.39 is 0 Å². The van der Waals surface area contributed by atoms with Gasteiger partial charge in [0.15, 0.2) is 0 Å². The molecule has 2 nitrogen and oxygen atoms in total. The van der Waals surface area contributed by atoms with Crippen LogP contribution >= 0.6 is 23.1 Å². The number of thioether (sulfide) groups is 1. The van der Waals surface area contributed by atoms with Crippen LogP contribution in [0.25, 0.3) is 0 Å². The summed E-state index contributed by atoms with van der Waals surface area (Å²) < 4.78 is 11.2. The van der Waals surface area contributed by atoms with Crippen molar-refractivity contribution in [2.75, 3.05) is 19.0 Å². The lowest BCUT2D eigenvalue weighted by Crippen LogP contribution is -2.25. The first-order valence-corrected chi connectivity index (χ1v) is 8.53. The van der Waals surface area contributed by atoms with Crippen molar-refractivity contribution in [1.29, 1.82) is 0 Å². The van der Waals surface area contributed by atoms with Gasteiger partial charge in [-0.1, -0.05) is 13.8 Å². The molecular formula is C14H26O2S2. The molecule has 1 atom stereocenters. The van der Waals surface area contributed by atoms with Gasteiger partial charge in [0, 0.05) is 22.6 Å². The fourth-order valence-corrected chi connectivity index (χ4v) is 3.04. The first-order valence-electron chi connectivity index (χ1n) is 6.60. The first kappa shape index (κ1) is 18.0. The Morgan fingerprint density at radius 2 is 2.06 bits per heavy atom. The van der Waals surface area contributed by atoms with Crippen LogP contribution in [0.15, 0.2) is 21.7 Å². The molecule has 0 aromatic carbocycles. The molecule has 0 aliphatic heterocycles. The molecular weight excluding hydrogens is 264 g/mol. The van der Waals surface area contributed by atoms with Crippen molar-refractivity contribution >= 4 is 23.1 Å². The normalized spacial score (nSPS) is 12.1. The molecule has 1 aromatic heterocycles. The minimum atomic E-state index is 0.185. The van der Waals surface area contributed by atoms with E-state index >= 15 is 0 Å². The zero-order valence-electron chi connectivity index (χ0n) is 12.1. The second-order valence-corrected chi connectivity index (χ2v) is 5.61. The summed E-state index contributed by atoms with van der Waals surface area (Å²) in [6.07, 6.45) is 0.443. The quantitative estimate of drug-likeness (QED) is 0.647. The van der Waals surface area contributed by atoms with Gasteiger partial charge < -0.3 is 9.47 Å². The van der Waals surface area contributed by atoms with E-state index in [4.69, 9.17) is 9.47 Å². The van der Waals surface area contributed by atoms with E-state index in [9.17, 15) is 0 Å². The van der Waals surface area contributed by atoms with Crippen molar-refractivity contribution in [3.63, 3.8) is 0 Å². The zero-order chi connectivity index (χ0) is 13.8. The van der Waals surface area contributed by atoms with Gasteiger partial charge in [-0.2, -0.15) is 11.3 Å². The molecule has 0 saturated heterocycles. The lowest BCUT2D eigenvalue weighted by atomic mass is 10.4. The fourth-order valence-electron chi connectivity index (χ4n) is 1.28. The van der Waals surface area contributed by atoms with Crippen LogP contribution in [0.1, 0.15) is 34.6 Å². The van der Waals surface area contributed by atoms with Gasteiger partial charge >= 0.3 is 0 Å². The number of hydrogen-bond donors (Lipinski definition) is 0. The van der Waals surface area contributed by atoms with E-state index in [2.05, 4.69) is 30.7 Å². The SMILES string of the molecule is CC.CCOCC(CSc1ccsc1)OC(C)C. The van der Waals surface area contributed by atoms with Gasteiger partial charge in [0.2, 0.25) is 0 Å². The van der Waals surface area contributed by atoms with Gasteiger partial charge in [-0.25, -0.2) is 0 Å². The van der Waals surface area contributed by atoms with Crippen LogP contribution in [-0.2, 0) is 9.47 Å². The molecule has 106 valence electrons. The Bertz CT molecular complexity index is 261. The lowest BCUT2D eigenvalue weighted by Gasteiger charge is -2.19. The third-order valence-electron chi connectivity index (χ3n) is 1.90. The maximum Gasteiger partial charge on any atom is 0.0905 e. The largest absolute Gasteiger partial charge is 0.379 e. The van der Waals surface area contributed by atoms with Crippen molar-refractivity contribution < 1.29 is 9.47 Å². The maximum absolute atomic E-state index is 5.81. The van der Waals surface area contributed by atoms with Crippen molar-refractivity contribution in [3.05, 3.63) is 16.8 Å². The molecule has 0 aliphatic rings. The number of rotatable bonds is 8. The van der Waals surface area contributed by atoms with Gasteiger partial charge in [-0.05, 0) is 32.2 Å². The molecule has 1 rings (SSSR count). The third-order valence-corrected chi connectivity index (χ3v) is 3.86. The summed E-state index contributed by atoms with van der Waals surface area (Å²) in [4.78, 5) is 1.32. The van der Waals surface area contributed by atoms with E-state index in [1.54, 1.807) is 11.3 Å².